The highest BCUT2D eigenvalue weighted by Gasteiger charge is 2.26. The highest BCUT2D eigenvalue weighted by Crippen LogP contribution is 2.21. The lowest BCUT2D eigenvalue weighted by atomic mass is 10.1. The summed E-state index contributed by atoms with van der Waals surface area (Å²) < 4.78 is 6.41. The smallest absolute Gasteiger partial charge is 0.330 e. The van der Waals surface area contributed by atoms with Crippen molar-refractivity contribution in [3.8, 4) is 0 Å². The van der Waals surface area contributed by atoms with E-state index in [2.05, 4.69) is 4.98 Å². The summed E-state index contributed by atoms with van der Waals surface area (Å²) >= 11 is 0. The highest BCUT2D eigenvalue weighted by molar-refractivity contribution is 6.07. The summed E-state index contributed by atoms with van der Waals surface area (Å²) in [5.41, 5.74) is 5.96. The fourth-order valence-electron chi connectivity index (χ4n) is 3.93. The van der Waals surface area contributed by atoms with Crippen LogP contribution >= 0.6 is 0 Å². The first-order valence-electron chi connectivity index (χ1n) is 11.0. The van der Waals surface area contributed by atoms with Crippen LogP contribution in [-0.2, 0) is 22.6 Å². The van der Waals surface area contributed by atoms with Gasteiger partial charge in [0.05, 0.1) is 6.61 Å². The maximum absolute atomic E-state index is 13.5. The average molecular weight is 458 g/mol. The minimum absolute atomic E-state index is 0.0668. The van der Waals surface area contributed by atoms with Crippen LogP contribution < -0.4 is 21.9 Å². The second kappa shape index (κ2) is 10.5. The third kappa shape index (κ3) is 5.51. The Balaban J connectivity index is 1.99. The third-order valence-corrected chi connectivity index (χ3v) is 5.51. The van der Waals surface area contributed by atoms with E-state index in [9.17, 15) is 19.2 Å². The zero-order chi connectivity index (χ0) is 24.1. The van der Waals surface area contributed by atoms with Crippen LogP contribution in [0, 0.1) is 5.92 Å². The molecule has 0 unspecified atom stereocenters. The predicted octanol–water partition coefficient (Wildman–Crippen LogP) is 1.19. The summed E-state index contributed by atoms with van der Waals surface area (Å²) in [6.07, 6.45) is 1.37. The van der Waals surface area contributed by atoms with Crippen molar-refractivity contribution in [2.45, 2.75) is 39.8 Å². The third-order valence-electron chi connectivity index (χ3n) is 5.51. The van der Waals surface area contributed by atoms with Gasteiger partial charge in [-0.2, -0.15) is 0 Å². The molecule has 2 amide bonds. The summed E-state index contributed by atoms with van der Waals surface area (Å²) in [4.78, 5) is 55.9. The number of ether oxygens (including phenoxy) is 1. The molecule has 2 aromatic rings. The SMILES string of the molecule is COCCN(C(=O)c1cccc(CN2CCCC2=O)c1)c1c(N)n(CC(C)C)c(=O)[nH]c1=O. The zero-order valence-corrected chi connectivity index (χ0v) is 19.3. The fraction of sp³-hybridized carbons (Fsp3) is 0.478. The molecule has 0 spiro atoms. The van der Waals surface area contributed by atoms with E-state index in [1.165, 1.54) is 16.6 Å². The Labute approximate surface area is 191 Å². The van der Waals surface area contributed by atoms with Crippen LogP contribution in [0.15, 0.2) is 33.9 Å². The number of hydrogen-bond acceptors (Lipinski definition) is 6. The van der Waals surface area contributed by atoms with E-state index < -0.39 is 17.2 Å². The van der Waals surface area contributed by atoms with Crippen molar-refractivity contribution in [2.24, 2.45) is 5.92 Å². The summed E-state index contributed by atoms with van der Waals surface area (Å²) in [5, 5.41) is 0. The summed E-state index contributed by atoms with van der Waals surface area (Å²) in [5.74, 6) is -0.327. The number of nitrogen functional groups attached to an aromatic ring is 1. The number of hydrogen-bond donors (Lipinski definition) is 2. The first-order chi connectivity index (χ1) is 15.7. The number of nitrogens with one attached hydrogen (secondary N) is 1. The number of amides is 2. The Morgan fingerprint density at radius 1 is 1.27 bits per heavy atom. The molecule has 0 atom stereocenters. The molecule has 0 bridgehead atoms. The molecular weight excluding hydrogens is 426 g/mol. The number of nitrogens with two attached hydrogens (primary N) is 1. The molecule has 1 aromatic carbocycles. The Kier molecular flexibility index (Phi) is 7.70. The molecule has 1 fully saturated rings. The molecule has 1 saturated heterocycles. The van der Waals surface area contributed by atoms with Crippen molar-refractivity contribution in [2.75, 3.05) is 37.4 Å². The van der Waals surface area contributed by atoms with Gasteiger partial charge in [0.2, 0.25) is 5.91 Å². The van der Waals surface area contributed by atoms with Crippen LogP contribution in [0.3, 0.4) is 0 Å². The molecule has 1 aliphatic heterocycles. The number of rotatable bonds is 9. The number of nitrogens with zero attached hydrogens (tertiary/aromatic N) is 3. The molecule has 0 aliphatic carbocycles. The normalized spacial score (nSPS) is 13.7. The van der Waals surface area contributed by atoms with Gasteiger partial charge in [-0.05, 0) is 30.0 Å². The molecule has 10 heteroatoms. The van der Waals surface area contributed by atoms with E-state index in [1.807, 2.05) is 19.9 Å². The van der Waals surface area contributed by atoms with Gasteiger partial charge in [-0.3, -0.25) is 28.8 Å². The van der Waals surface area contributed by atoms with Crippen LogP contribution in [0.4, 0.5) is 11.5 Å². The Hall–Kier alpha value is -3.40. The monoisotopic (exact) mass is 457 g/mol. The second-order valence-electron chi connectivity index (χ2n) is 8.57. The van der Waals surface area contributed by atoms with Crippen molar-refractivity contribution in [1.82, 2.24) is 14.5 Å². The number of likely N-dealkylation sites (tertiary alicyclic amines) is 1. The Bertz CT molecular complexity index is 1140. The largest absolute Gasteiger partial charge is 0.383 e. The average Bonchev–Trinajstić information content (AvgIpc) is 3.17. The maximum Gasteiger partial charge on any atom is 0.330 e. The van der Waals surface area contributed by atoms with E-state index in [4.69, 9.17) is 10.5 Å². The van der Waals surface area contributed by atoms with Gasteiger partial charge in [-0.15, -0.1) is 0 Å². The summed E-state index contributed by atoms with van der Waals surface area (Å²) in [7, 11) is 1.49. The minimum atomic E-state index is -0.735. The van der Waals surface area contributed by atoms with Gasteiger partial charge in [0, 0.05) is 45.3 Å². The van der Waals surface area contributed by atoms with Gasteiger partial charge in [0.1, 0.15) is 5.82 Å². The topological polar surface area (TPSA) is 131 Å². The maximum atomic E-state index is 13.5. The van der Waals surface area contributed by atoms with Crippen LogP contribution in [-0.4, -0.2) is 53.1 Å². The number of anilines is 2. The van der Waals surface area contributed by atoms with Crippen LogP contribution in [0.5, 0.6) is 0 Å². The van der Waals surface area contributed by atoms with E-state index in [1.54, 1.807) is 23.1 Å². The summed E-state index contributed by atoms with van der Waals surface area (Å²) in [6.45, 7) is 5.47. The van der Waals surface area contributed by atoms with Gasteiger partial charge in [-0.25, -0.2) is 4.79 Å². The molecule has 1 aliphatic rings. The number of benzene rings is 1. The van der Waals surface area contributed by atoms with Crippen molar-refractivity contribution in [3.05, 3.63) is 56.2 Å². The number of aromatic amines is 1. The van der Waals surface area contributed by atoms with Gasteiger partial charge >= 0.3 is 5.69 Å². The molecule has 2 heterocycles. The van der Waals surface area contributed by atoms with Crippen LogP contribution in [0.2, 0.25) is 0 Å². The molecule has 33 heavy (non-hydrogen) atoms. The standard InChI is InChI=1S/C23H31N5O5/c1-15(2)13-28-20(24)19(21(30)25-23(28)32)27(10-11-33-3)22(31)17-7-4-6-16(12-17)14-26-9-5-8-18(26)29/h4,6-7,12,15H,5,8-11,13-14,24H2,1-3H3,(H,25,30,32). The molecule has 0 saturated carbocycles. The first kappa shape index (κ1) is 24.2. The van der Waals surface area contributed by atoms with Crippen molar-refractivity contribution in [1.29, 1.82) is 0 Å². The van der Waals surface area contributed by atoms with Gasteiger partial charge < -0.3 is 15.4 Å². The summed E-state index contributed by atoms with van der Waals surface area (Å²) in [6, 6.07) is 6.95. The van der Waals surface area contributed by atoms with Crippen molar-refractivity contribution < 1.29 is 14.3 Å². The lowest BCUT2D eigenvalue weighted by Gasteiger charge is -2.25. The number of methoxy groups -OCH3 is 1. The van der Waals surface area contributed by atoms with E-state index >= 15 is 0 Å². The van der Waals surface area contributed by atoms with Crippen molar-refractivity contribution in [3.63, 3.8) is 0 Å². The number of aromatic nitrogens is 2. The fourth-order valence-corrected chi connectivity index (χ4v) is 3.93. The first-order valence-corrected chi connectivity index (χ1v) is 11.0. The highest BCUT2D eigenvalue weighted by atomic mass is 16.5. The Morgan fingerprint density at radius 2 is 2.03 bits per heavy atom. The molecular formula is C23H31N5O5. The van der Waals surface area contributed by atoms with Gasteiger partial charge in [-0.1, -0.05) is 26.0 Å². The molecule has 0 radical (unpaired) electrons. The van der Waals surface area contributed by atoms with Crippen molar-refractivity contribution >= 4 is 23.3 Å². The number of carbonyl (C=O) groups excluding carboxylic acids is 2. The number of H-pyrrole nitrogens is 1. The molecule has 1 aromatic heterocycles. The molecule has 178 valence electrons. The molecule has 10 nitrogen and oxygen atoms in total. The molecule has 3 rings (SSSR count). The van der Waals surface area contributed by atoms with E-state index in [-0.39, 0.29) is 36.5 Å². The number of carbonyl (C=O) groups is 2. The Morgan fingerprint density at radius 3 is 2.67 bits per heavy atom. The molecule has 3 N–H and O–H groups in total. The lowest BCUT2D eigenvalue weighted by molar-refractivity contribution is -0.128. The van der Waals surface area contributed by atoms with E-state index in [0.717, 1.165) is 12.0 Å². The van der Waals surface area contributed by atoms with Gasteiger partial charge in [0.15, 0.2) is 5.69 Å². The predicted molar refractivity (Wildman–Crippen MR) is 125 cm³/mol. The van der Waals surface area contributed by atoms with Crippen LogP contribution in [0.1, 0.15) is 42.6 Å². The lowest BCUT2D eigenvalue weighted by Crippen LogP contribution is -2.43. The minimum Gasteiger partial charge on any atom is -0.383 e. The van der Waals surface area contributed by atoms with Crippen LogP contribution in [0.25, 0.3) is 0 Å². The van der Waals surface area contributed by atoms with Gasteiger partial charge in [0.25, 0.3) is 11.5 Å². The second-order valence-corrected chi connectivity index (χ2v) is 8.57. The quantitative estimate of drug-likeness (QED) is 0.582. The van der Waals surface area contributed by atoms with E-state index in [0.29, 0.717) is 31.6 Å². The zero-order valence-electron chi connectivity index (χ0n) is 19.3.